The van der Waals surface area contributed by atoms with E-state index in [9.17, 15) is 9.67 Å². The minimum Gasteiger partial charge on any atom is -0.378 e. The molecule has 1 heterocycles. The predicted octanol–water partition coefficient (Wildman–Crippen LogP) is 1.20. The van der Waals surface area contributed by atoms with Gasteiger partial charge in [0, 0.05) is 31.3 Å². The molecule has 0 saturated carbocycles. The lowest BCUT2D eigenvalue weighted by atomic mass is 10.4. The highest BCUT2D eigenvalue weighted by atomic mass is 35.5. The second kappa shape index (κ2) is 6.40. The summed E-state index contributed by atoms with van der Waals surface area (Å²) < 4.78 is 18.8. The van der Waals surface area contributed by atoms with Crippen LogP contribution in [0.4, 0.5) is 0 Å². The van der Waals surface area contributed by atoms with Crippen LogP contribution in [-0.2, 0) is 9.09 Å². The molecule has 1 fully saturated rings. The van der Waals surface area contributed by atoms with E-state index >= 15 is 0 Å². The first-order valence-corrected chi connectivity index (χ1v) is 7.35. The summed E-state index contributed by atoms with van der Waals surface area (Å²) in [6.45, 7) is 0.951. The quantitative estimate of drug-likeness (QED) is 0.584. The van der Waals surface area contributed by atoms with Crippen LogP contribution in [0.1, 0.15) is 6.42 Å². The number of rotatable bonds is 5. The predicted molar refractivity (Wildman–Crippen MR) is 60.3 cm³/mol. The minimum atomic E-state index is -3.15. The number of hydrogen-bond donors (Lipinski definition) is 2. The Morgan fingerprint density at radius 1 is 1.53 bits per heavy atom. The number of hydrogen-bond acceptors (Lipinski definition) is 3. The molecule has 90 valence electrons. The number of halogens is 2. The SMILES string of the molecule is O=P1(NCCCl)OCCC(O)N1CCCl. The summed E-state index contributed by atoms with van der Waals surface area (Å²) in [5.41, 5.74) is 0. The summed E-state index contributed by atoms with van der Waals surface area (Å²) in [6, 6.07) is 0. The van der Waals surface area contributed by atoms with Crippen LogP contribution in [0.5, 0.6) is 0 Å². The summed E-state index contributed by atoms with van der Waals surface area (Å²) in [7, 11) is -3.15. The highest BCUT2D eigenvalue weighted by Crippen LogP contribution is 2.50. The topological polar surface area (TPSA) is 61.8 Å². The minimum absolute atomic E-state index is 0.270. The van der Waals surface area contributed by atoms with Crippen LogP contribution in [0.15, 0.2) is 0 Å². The Hall–Kier alpha value is 0.650. The van der Waals surface area contributed by atoms with E-state index in [1.807, 2.05) is 0 Å². The van der Waals surface area contributed by atoms with Crippen LogP contribution in [-0.4, -0.2) is 47.5 Å². The third kappa shape index (κ3) is 3.56. The highest BCUT2D eigenvalue weighted by Gasteiger charge is 2.39. The first-order chi connectivity index (χ1) is 7.14. The van der Waals surface area contributed by atoms with Crippen molar-refractivity contribution < 1.29 is 14.2 Å². The molecule has 2 N–H and O–H groups in total. The van der Waals surface area contributed by atoms with Gasteiger partial charge in [-0.3, -0.25) is 4.57 Å². The van der Waals surface area contributed by atoms with Gasteiger partial charge < -0.3 is 9.63 Å². The molecule has 1 rings (SSSR count). The van der Waals surface area contributed by atoms with Gasteiger partial charge in [0.1, 0.15) is 6.23 Å². The third-order valence-electron chi connectivity index (χ3n) is 2.04. The third-order valence-corrected chi connectivity index (χ3v) is 4.70. The van der Waals surface area contributed by atoms with Crippen molar-refractivity contribution in [2.24, 2.45) is 0 Å². The molecule has 0 bridgehead atoms. The van der Waals surface area contributed by atoms with Crippen molar-refractivity contribution in [2.75, 3.05) is 31.5 Å². The molecule has 0 radical (unpaired) electrons. The fourth-order valence-corrected chi connectivity index (χ4v) is 3.89. The summed E-state index contributed by atoms with van der Waals surface area (Å²) in [4.78, 5) is 0. The van der Waals surface area contributed by atoms with Gasteiger partial charge in [-0.25, -0.2) is 5.09 Å². The van der Waals surface area contributed by atoms with Crippen molar-refractivity contribution in [3.05, 3.63) is 0 Å². The van der Waals surface area contributed by atoms with E-state index < -0.39 is 13.9 Å². The molecule has 1 aliphatic rings. The number of nitrogens with zero attached hydrogens (tertiary/aromatic N) is 1. The molecule has 8 heteroatoms. The van der Waals surface area contributed by atoms with Crippen molar-refractivity contribution >= 4 is 30.9 Å². The van der Waals surface area contributed by atoms with Gasteiger partial charge in [-0.1, -0.05) is 0 Å². The Labute approximate surface area is 99.2 Å². The van der Waals surface area contributed by atoms with Crippen LogP contribution >= 0.6 is 30.9 Å². The van der Waals surface area contributed by atoms with E-state index in [1.165, 1.54) is 4.67 Å². The zero-order valence-electron chi connectivity index (χ0n) is 8.23. The van der Waals surface area contributed by atoms with E-state index in [0.29, 0.717) is 25.4 Å². The van der Waals surface area contributed by atoms with E-state index in [0.717, 1.165) is 0 Å². The number of nitrogens with one attached hydrogen (secondary N) is 1. The molecule has 0 aromatic rings. The van der Waals surface area contributed by atoms with Crippen LogP contribution < -0.4 is 5.09 Å². The smallest absolute Gasteiger partial charge is 0.345 e. The lowest BCUT2D eigenvalue weighted by Crippen LogP contribution is -2.43. The summed E-state index contributed by atoms with van der Waals surface area (Å²) in [5, 5.41) is 12.4. The molecular weight excluding hydrogens is 262 g/mol. The van der Waals surface area contributed by atoms with Gasteiger partial charge in [0.05, 0.1) is 6.61 Å². The van der Waals surface area contributed by atoms with Crippen LogP contribution in [0.3, 0.4) is 0 Å². The van der Waals surface area contributed by atoms with E-state index in [1.54, 1.807) is 0 Å². The van der Waals surface area contributed by atoms with Crippen LogP contribution in [0.2, 0.25) is 0 Å². The van der Waals surface area contributed by atoms with Crippen molar-refractivity contribution in [1.29, 1.82) is 0 Å². The average molecular weight is 277 g/mol. The molecule has 15 heavy (non-hydrogen) atoms. The fourth-order valence-electron chi connectivity index (χ4n) is 1.37. The highest BCUT2D eigenvalue weighted by molar-refractivity contribution is 7.54. The molecule has 0 aromatic carbocycles. The molecule has 0 aliphatic carbocycles. The van der Waals surface area contributed by atoms with Crippen molar-refractivity contribution in [1.82, 2.24) is 9.76 Å². The molecular formula is C7H15Cl2N2O3P. The summed E-state index contributed by atoms with van der Waals surface area (Å²) in [5.74, 6) is 0.616. The largest absolute Gasteiger partial charge is 0.378 e. The van der Waals surface area contributed by atoms with E-state index in [2.05, 4.69) is 5.09 Å². The van der Waals surface area contributed by atoms with Gasteiger partial charge in [0.25, 0.3) is 0 Å². The van der Waals surface area contributed by atoms with Crippen LogP contribution in [0.25, 0.3) is 0 Å². The molecule has 0 amide bonds. The number of aliphatic hydroxyl groups is 1. The van der Waals surface area contributed by atoms with E-state index in [-0.39, 0.29) is 12.5 Å². The molecule has 5 nitrogen and oxygen atoms in total. The lowest BCUT2D eigenvalue weighted by molar-refractivity contribution is 0.00726. The Morgan fingerprint density at radius 2 is 2.27 bits per heavy atom. The molecule has 1 saturated heterocycles. The summed E-state index contributed by atoms with van der Waals surface area (Å²) >= 11 is 11.1. The normalized spacial score (nSPS) is 33.1. The average Bonchev–Trinajstić information content (AvgIpc) is 2.21. The van der Waals surface area contributed by atoms with E-state index in [4.69, 9.17) is 27.7 Å². The molecule has 2 atom stereocenters. The van der Waals surface area contributed by atoms with Gasteiger partial charge >= 0.3 is 7.67 Å². The van der Waals surface area contributed by atoms with Crippen molar-refractivity contribution in [2.45, 2.75) is 12.6 Å². The molecule has 2 unspecified atom stereocenters. The van der Waals surface area contributed by atoms with Gasteiger partial charge in [0.15, 0.2) is 0 Å². The van der Waals surface area contributed by atoms with Crippen molar-refractivity contribution in [3.8, 4) is 0 Å². The van der Waals surface area contributed by atoms with Gasteiger partial charge in [-0.15, -0.1) is 23.2 Å². The number of alkyl halides is 2. The van der Waals surface area contributed by atoms with Crippen molar-refractivity contribution in [3.63, 3.8) is 0 Å². The Bertz CT molecular complexity index is 244. The monoisotopic (exact) mass is 276 g/mol. The van der Waals surface area contributed by atoms with Gasteiger partial charge in [0.2, 0.25) is 0 Å². The maximum absolute atomic E-state index is 12.2. The molecule has 0 spiro atoms. The Balaban J connectivity index is 2.68. The molecule has 1 aliphatic heterocycles. The lowest BCUT2D eigenvalue weighted by Gasteiger charge is -2.38. The summed E-state index contributed by atoms with van der Waals surface area (Å²) in [6.07, 6.45) is -0.338. The zero-order chi connectivity index (χ0) is 11.3. The first kappa shape index (κ1) is 13.7. The van der Waals surface area contributed by atoms with Crippen LogP contribution in [0, 0.1) is 0 Å². The second-order valence-electron chi connectivity index (χ2n) is 3.07. The molecule has 0 aromatic heterocycles. The second-order valence-corrected chi connectivity index (χ2v) is 5.96. The maximum atomic E-state index is 12.2. The van der Waals surface area contributed by atoms with Gasteiger partial charge in [-0.2, -0.15) is 4.67 Å². The zero-order valence-corrected chi connectivity index (χ0v) is 10.6. The fraction of sp³-hybridized carbons (Fsp3) is 1.00. The van der Waals surface area contributed by atoms with Gasteiger partial charge in [-0.05, 0) is 0 Å². The first-order valence-electron chi connectivity index (χ1n) is 4.71. The number of aliphatic hydroxyl groups excluding tert-OH is 1. The maximum Gasteiger partial charge on any atom is 0.345 e. The standard InChI is InChI=1S/C7H15Cl2N2O3P/c8-2-4-10-15(13)11(5-3-9)7(12)1-6-14-15/h7,12H,1-6H2,(H,10,13). The Morgan fingerprint density at radius 3 is 2.87 bits per heavy atom. The Kier molecular flexibility index (Phi) is 5.85.